The van der Waals surface area contributed by atoms with Crippen molar-refractivity contribution < 1.29 is 43.0 Å². The SMILES string of the molecule is CCC(=O)CCC(=O)OC1Cc2ccccc2C#Cc2ccccc21.COCC(C)(C)OCC(=O)ON1C(=O)CCC1=O. The second-order valence-corrected chi connectivity index (χ2v) is 10.6. The van der Waals surface area contributed by atoms with Gasteiger partial charge in [-0.1, -0.05) is 55.2 Å². The van der Waals surface area contributed by atoms with Crippen LogP contribution in [0.15, 0.2) is 48.5 Å². The molecule has 2 aromatic rings. The lowest BCUT2D eigenvalue weighted by Gasteiger charge is -2.23. The van der Waals surface area contributed by atoms with Crippen LogP contribution in [0.1, 0.15) is 81.2 Å². The lowest BCUT2D eigenvalue weighted by molar-refractivity contribution is -0.203. The van der Waals surface area contributed by atoms with E-state index in [0.29, 0.717) is 24.5 Å². The molecule has 1 aliphatic heterocycles. The zero-order valence-electron chi connectivity index (χ0n) is 25.0. The molecule has 0 radical (unpaired) electrons. The van der Waals surface area contributed by atoms with E-state index in [4.69, 9.17) is 14.2 Å². The first-order valence-corrected chi connectivity index (χ1v) is 14.1. The van der Waals surface area contributed by atoms with E-state index in [1.807, 2.05) is 48.5 Å². The summed E-state index contributed by atoms with van der Waals surface area (Å²) in [5, 5.41) is 0.495. The Bertz CT molecular complexity index is 1390. The van der Waals surface area contributed by atoms with E-state index in [0.717, 1.165) is 22.3 Å². The van der Waals surface area contributed by atoms with Crippen molar-refractivity contribution in [2.45, 2.75) is 71.0 Å². The van der Waals surface area contributed by atoms with Crippen LogP contribution in [0.4, 0.5) is 0 Å². The van der Waals surface area contributed by atoms with Crippen molar-refractivity contribution in [2.75, 3.05) is 20.3 Å². The maximum absolute atomic E-state index is 12.2. The molecule has 4 rings (SSSR count). The Morgan fingerprint density at radius 3 is 2.21 bits per heavy atom. The van der Waals surface area contributed by atoms with Gasteiger partial charge >= 0.3 is 11.9 Å². The molecule has 1 atom stereocenters. The largest absolute Gasteiger partial charge is 0.457 e. The Morgan fingerprint density at radius 1 is 0.907 bits per heavy atom. The Morgan fingerprint density at radius 2 is 1.53 bits per heavy atom. The predicted octanol–water partition coefficient (Wildman–Crippen LogP) is 4.02. The van der Waals surface area contributed by atoms with Gasteiger partial charge in [0.1, 0.15) is 18.5 Å². The summed E-state index contributed by atoms with van der Waals surface area (Å²) in [6.07, 6.45) is 1.14. The van der Waals surface area contributed by atoms with Crippen molar-refractivity contribution in [1.29, 1.82) is 0 Å². The van der Waals surface area contributed by atoms with Crippen molar-refractivity contribution in [3.63, 3.8) is 0 Å². The van der Waals surface area contributed by atoms with Gasteiger partial charge in [-0.2, -0.15) is 0 Å². The first-order chi connectivity index (χ1) is 20.5. The van der Waals surface area contributed by atoms with Crippen LogP contribution >= 0.6 is 0 Å². The number of carbonyl (C=O) groups is 5. The van der Waals surface area contributed by atoms with Gasteiger partial charge in [0.25, 0.3) is 11.8 Å². The molecule has 0 N–H and O–H groups in total. The minimum Gasteiger partial charge on any atom is -0.457 e. The third-order valence-electron chi connectivity index (χ3n) is 6.61. The third kappa shape index (κ3) is 10.2. The molecule has 2 amide bonds. The number of hydrogen-bond acceptors (Lipinski definition) is 9. The lowest BCUT2D eigenvalue weighted by Crippen LogP contribution is -2.37. The number of hydroxylamine groups is 2. The normalized spacial score (nSPS) is 15.4. The number of hydrogen-bond donors (Lipinski definition) is 0. The van der Waals surface area contributed by atoms with Crippen LogP contribution < -0.4 is 0 Å². The molecule has 43 heavy (non-hydrogen) atoms. The molecule has 0 bridgehead atoms. The van der Waals surface area contributed by atoms with Crippen molar-refractivity contribution in [2.24, 2.45) is 0 Å². The van der Waals surface area contributed by atoms with Gasteiger partial charge in [0.2, 0.25) is 0 Å². The van der Waals surface area contributed by atoms with Gasteiger partial charge in [0.15, 0.2) is 0 Å². The summed E-state index contributed by atoms with van der Waals surface area (Å²) < 4.78 is 15.9. The average Bonchev–Trinajstić information content (AvgIpc) is 3.29. The first-order valence-electron chi connectivity index (χ1n) is 14.1. The highest BCUT2D eigenvalue weighted by atomic mass is 16.7. The quantitative estimate of drug-likeness (QED) is 0.216. The Balaban J connectivity index is 0.000000250. The van der Waals surface area contributed by atoms with E-state index in [1.54, 1.807) is 20.8 Å². The fourth-order valence-electron chi connectivity index (χ4n) is 4.33. The summed E-state index contributed by atoms with van der Waals surface area (Å²) in [6, 6.07) is 15.7. The molecule has 1 unspecified atom stereocenters. The topological polar surface area (TPSA) is 126 Å². The van der Waals surface area contributed by atoms with Gasteiger partial charge < -0.3 is 19.0 Å². The molecule has 2 aromatic carbocycles. The molecule has 228 valence electrons. The average molecular weight is 592 g/mol. The minimum absolute atomic E-state index is 0.0716. The summed E-state index contributed by atoms with van der Waals surface area (Å²) in [5.41, 5.74) is 3.16. The van der Waals surface area contributed by atoms with E-state index in [1.165, 1.54) is 7.11 Å². The number of rotatable bonds is 11. The van der Waals surface area contributed by atoms with Crippen LogP contribution in [0.2, 0.25) is 0 Å². The summed E-state index contributed by atoms with van der Waals surface area (Å²) >= 11 is 0. The summed E-state index contributed by atoms with van der Waals surface area (Å²) in [6.45, 7) is 5.25. The summed E-state index contributed by atoms with van der Waals surface area (Å²) in [5.74, 6) is 4.32. The van der Waals surface area contributed by atoms with Crippen molar-refractivity contribution in [3.8, 4) is 11.8 Å². The van der Waals surface area contributed by atoms with Gasteiger partial charge in [-0.05, 0) is 31.5 Å². The fraction of sp³-hybridized carbons (Fsp3) is 0.424. The molecular formula is C33H37NO9. The van der Waals surface area contributed by atoms with Gasteiger partial charge in [-0.15, -0.1) is 5.06 Å². The molecule has 0 saturated carbocycles. The number of methoxy groups -OCH3 is 1. The molecule has 0 spiro atoms. The van der Waals surface area contributed by atoms with Crippen molar-refractivity contribution >= 4 is 29.5 Å². The Hall–Kier alpha value is -4.33. The lowest BCUT2D eigenvalue weighted by atomic mass is 9.92. The monoisotopic (exact) mass is 591 g/mol. The molecule has 0 aromatic heterocycles. The minimum atomic E-state index is -0.789. The number of nitrogens with zero attached hydrogens (tertiary/aromatic N) is 1. The Labute approximate surface area is 251 Å². The smallest absolute Gasteiger partial charge is 0.358 e. The summed E-state index contributed by atoms with van der Waals surface area (Å²) in [7, 11) is 1.52. The highest BCUT2D eigenvalue weighted by molar-refractivity contribution is 6.01. The number of esters is 1. The predicted molar refractivity (Wildman–Crippen MR) is 155 cm³/mol. The number of imide groups is 1. The fourth-order valence-corrected chi connectivity index (χ4v) is 4.33. The van der Waals surface area contributed by atoms with E-state index in [-0.39, 0.29) is 44.0 Å². The van der Waals surface area contributed by atoms with Crippen LogP contribution in [0.5, 0.6) is 0 Å². The molecule has 1 heterocycles. The van der Waals surface area contributed by atoms with Crippen LogP contribution in [0.3, 0.4) is 0 Å². The number of amides is 2. The third-order valence-corrected chi connectivity index (χ3v) is 6.61. The van der Waals surface area contributed by atoms with E-state index < -0.39 is 29.5 Å². The van der Waals surface area contributed by atoms with E-state index in [2.05, 4.69) is 16.7 Å². The Kier molecular flexibility index (Phi) is 12.2. The molecular weight excluding hydrogens is 554 g/mol. The number of benzene rings is 2. The maximum Gasteiger partial charge on any atom is 0.358 e. The molecule has 10 nitrogen and oxygen atoms in total. The van der Waals surface area contributed by atoms with E-state index in [9.17, 15) is 24.0 Å². The van der Waals surface area contributed by atoms with Crippen molar-refractivity contribution in [1.82, 2.24) is 5.06 Å². The number of fused-ring (bicyclic) bond motifs is 2. The van der Waals surface area contributed by atoms with Crippen LogP contribution in [-0.4, -0.2) is 60.5 Å². The zero-order valence-corrected chi connectivity index (χ0v) is 25.0. The van der Waals surface area contributed by atoms with Gasteiger partial charge in [0.05, 0.1) is 18.6 Å². The molecule has 1 aliphatic carbocycles. The van der Waals surface area contributed by atoms with Crippen molar-refractivity contribution in [3.05, 3.63) is 70.8 Å². The number of Topliss-reactive ketones (excluding diaryl/α,β-unsaturated/α-hetero) is 1. The van der Waals surface area contributed by atoms with Crippen LogP contribution in [0.25, 0.3) is 0 Å². The molecule has 1 saturated heterocycles. The van der Waals surface area contributed by atoms with Gasteiger partial charge in [-0.3, -0.25) is 19.2 Å². The zero-order chi connectivity index (χ0) is 31.4. The second-order valence-electron chi connectivity index (χ2n) is 10.6. The highest BCUT2D eigenvalue weighted by Crippen LogP contribution is 2.29. The maximum atomic E-state index is 12.2. The molecule has 2 aliphatic rings. The highest BCUT2D eigenvalue weighted by Gasteiger charge is 2.33. The van der Waals surface area contributed by atoms with Crippen LogP contribution in [0, 0.1) is 11.8 Å². The number of ether oxygens (including phenoxy) is 3. The number of ketones is 1. The number of carbonyl (C=O) groups excluding carboxylic acids is 5. The summed E-state index contributed by atoms with van der Waals surface area (Å²) in [4.78, 5) is 62.1. The van der Waals surface area contributed by atoms with Crippen LogP contribution in [-0.2, 0) is 49.4 Å². The van der Waals surface area contributed by atoms with Gasteiger partial charge in [-0.25, -0.2) is 4.79 Å². The first kappa shape index (κ1) is 33.2. The molecule has 1 fully saturated rings. The van der Waals surface area contributed by atoms with Gasteiger partial charge in [0, 0.05) is 55.9 Å². The second kappa shape index (κ2) is 15.8. The standard InChI is InChI=1S/C22H20O3.C11H17NO6/c1-2-19(23)13-14-22(24)25-21-15-18-9-4-3-7-16(18)11-12-17-8-5-6-10-20(17)21;1-11(2,7-16-3)17-6-10(15)18-12-8(13)4-5-9(12)14/h3-10,21H,2,13-15H2,1H3;4-7H2,1-3H3. The molecule has 10 heteroatoms. The van der Waals surface area contributed by atoms with E-state index >= 15 is 0 Å².